The van der Waals surface area contributed by atoms with Gasteiger partial charge in [-0.1, -0.05) is 146 Å². The molecule has 0 bridgehead atoms. The van der Waals surface area contributed by atoms with Crippen molar-refractivity contribution in [3.63, 3.8) is 0 Å². The predicted octanol–water partition coefficient (Wildman–Crippen LogP) is 7.42. The van der Waals surface area contributed by atoms with Crippen molar-refractivity contribution in [1.82, 2.24) is 16.0 Å². The third kappa shape index (κ3) is 13.7. The van der Waals surface area contributed by atoms with Crippen molar-refractivity contribution in [3.8, 4) is 0 Å². The SMILES string of the molecule is CCCCCCCCCC(=O)NC(Cc1cccc2ccccc12)C(=O)N[C@@H](CC(C)C)C(=O)N[C@H](C(=O)OCc1ccccc1)C(C)C. The fraction of sp³-hybridized carbons (Fsp3) is 0.512. The van der Waals surface area contributed by atoms with Gasteiger partial charge in [-0.15, -0.1) is 0 Å². The number of rotatable bonds is 21. The maximum absolute atomic E-state index is 14.0. The van der Waals surface area contributed by atoms with Crippen LogP contribution in [0, 0.1) is 11.8 Å². The summed E-state index contributed by atoms with van der Waals surface area (Å²) in [4.78, 5) is 54.0. The topological polar surface area (TPSA) is 114 Å². The molecule has 0 saturated carbocycles. The highest BCUT2D eigenvalue weighted by molar-refractivity contribution is 5.94. The van der Waals surface area contributed by atoms with Gasteiger partial charge in [0.15, 0.2) is 0 Å². The first-order chi connectivity index (χ1) is 23.6. The van der Waals surface area contributed by atoms with Gasteiger partial charge in [-0.2, -0.15) is 0 Å². The average molecular weight is 672 g/mol. The standard InChI is InChI=1S/C41H57N3O5/c1-6-7-8-9-10-11-15-25-37(45)42-36(27-33-23-18-22-32-21-16-17-24-34(32)33)39(46)43-35(26-29(2)3)40(47)44-38(30(4)5)41(48)49-28-31-19-13-12-14-20-31/h12-14,16-24,29-30,35-36,38H,6-11,15,25-28H2,1-5H3,(H,42,45)(H,43,46)(H,44,47)/t35-,36?,38-/m0/s1. The van der Waals surface area contributed by atoms with Crippen LogP contribution in [-0.2, 0) is 36.9 Å². The van der Waals surface area contributed by atoms with Crippen molar-refractivity contribution in [2.75, 3.05) is 0 Å². The Kier molecular flexibility index (Phi) is 16.8. The molecule has 3 N–H and O–H groups in total. The molecule has 3 aromatic carbocycles. The highest BCUT2D eigenvalue weighted by Crippen LogP contribution is 2.20. The molecule has 3 rings (SSSR count). The molecule has 0 spiro atoms. The molecule has 0 saturated heterocycles. The lowest BCUT2D eigenvalue weighted by molar-refractivity contribution is -0.150. The Hall–Kier alpha value is -4.20. The molecular formula is C41H57N3O5. The largest absolute Gasteiger partial charge is 0.459 e. The quantitative estimate of drug-likeness (QED) is 0.0806. The Labute approximate surface area is 293 Å². The first-order valence-corrected chi connectivity index (χ1v) is 18.2. The molecule has 0 aliphatic carbocycles. The summed E-state index contributed by atoms with van der Waals surface area (Å²) in [7, 11) is 0. The fourth-order valence-electron chi connectivity index (χ4n) is 5.95. The number of carbonyl (C=O) groups excluding carboxylic acids is 4. The minimum absolute atomic E-state index is 0.0713. The second-order valence-corrected chi connectivity index (χ2v) is 13.8. The number of nitrogens with one attached hydrogen (secondary N) is 3. The smallest absolute Gasteiger partial charge is 0.329 e. The van der Waals surface area contributed by atoms with E-state index in [9.17, 15) is 19.2 Å². The van der Waals surface area contributed by atoms with Gasteiger partial charge >= 0.3 is 5.97 Å². The Balaban J connectivity index is 1.74. The van der Waals surface area contributed by atoms with E-state index in [0.717, 1.165) is 41.2 Å². The van der Waals surface area contributed by atoms with Gasteiger partial charge < -0.3 is 20.7 Å². The van der Waals surface area contributed by atoms with Gasteiger partial charge in [-0.05, 0) is 46.6 Å². The predicted molar refractivity (Wildman–Crippen MR) is 197 cm³/mol. The highest BCUT2D eigenvalue weighted by Gasteiger charge is 2.32. The normalized spacial score (nSPS) is 13.1. The lowest BCUT2D eigenvalue weighted by atomic mass is 9.97. The van der Waals surface area contributed by atoms with Crippen molar-refractivity contribution in [3.05, 3.63) is 83.9 Å². The summed E-state index contributed by atoms with van der Waals surface area (Å²) in [5.74, 6) is -1.78. The van der Waals surface area contributed by atoms with E-state index in [4.69, 9.17) is 4.74 Å². The molecule has 3 atom stereocenters. The summed E-state index contributed by atoms with van der Waals surface area (Å²) >= 11 is 0. The number of benzene rings is 3. The van der Waals surface area contributed by atoms with E-state index >= 15 is 0 Å². The lowest BCUT2D eigenvalue weighted by Gasteiger charge is -2.27. The lowest BCUT2D eigenvalue weighted by Crippen LogP contribution is -2.57. The maximum Gasteiger partial charge on any atom is 0.329 e. The van der Waals surface area contributed by atoms with E-state index in [1.807, 2.05) is 100 Å². The molecule has 49 heavy (non-hydrogen) atoms. The molecule has 0 fully saturated rings. The minimum Gasteiger partial charge on any atom is -0.459 e. The molecule has 3 aromatic rings. The van der Waals surface area contributed by atoms with Crippen LogP contribution in [0.25, 0.3) is 10.8 Å². The number of esters is 1. The Bertz CT molecular complexity index is 1470. The highest BCUT2D eigenvalue weighted by atomic mass is 16.5. The van der Waals surface area contributed by atoms with Crippen LogP contribution in [0.2, 0.25) is 0 Å². The van der Waals surface area contributed by atoms with Crippen LogP contribution < -0.4 is 16.0 Å². The monoisotopic (exact) mass is 671 g/mol. The molecule has 3 amide bonds. The van der Waals surface area contributed by atoms with E-state index in [-0.39, 0.29) is 30.8 Å². The molecule has 0 aliphatic heterocycles. The molecule has 0 aliphatic rings. The summed E-state index contributed by atoms with van der Waals surface area (Å²) in [6, 6.07) is 20.6. The minimum atomic E-state index is -0.911. The molecule has 1 unspecified atom stereocenters. The number of hydrogen-bond donors (Lipinski definition) is 3. The van der Waals surface area contributed by atoms with Crippen molar-refractivity contribution in [2.24, 2.45) is 11.8 Å². The molecule has 266 valence electrons. The fourth-order valence-corrected chi connectivity index (χ4v) is 5.95. The third-order valence-corrected chi connectivity index (χ3v) is 8.75. The van der Waals surface area contributed by atoms with Crippen LogP contribution in [-0.4, -0.2) is 41.8 Å². The van der Waals surface area contributed by atoms with E-state index in [1.54, 1.807) is 0 Å². The van der Waals surface area contributed by atoms with E-state index in [2.05, 4.69) is 22.9 Å². The van der Waals surface area contributed by atoms with Gasteiger partial charge in [0.1, 0.15) is 24.7 Å². The van der Waals surface area contributed by atoms with Crippen molar-refractivity contribution in [2.45, 2.75) is 124 Å². The zero-order valence-electron chi connectivity index (χ0n) is 30.1. The number of amides is 3. The molecule has 0 radical (unpaired) electrons. The van der Waals surface area contributed by atoms with Crippen molar-refractivity contribution < 1.29 is 23.9 Å². The Morgan fingerprint density at radius 1 is 0.673 bits per heavy atom. The number of unbranched alkanes of at least 4 members (excludes halogenated alkanes) is 6. The summed E-state index contributed by atoms with van der Waals surface area (Å²) < 4.78 is 5.55. The summed E-state index contributed by atoms with van der Waals surface area (Å²) in [5, 5.41) is 10.8. The van der Waals surface area contributed by atoms with Crippen LogP contribution in [0.4, 0.5) is 0 Å². The van der Waals surface area contributed by atoms with Crippen LogP contribution in [0.5, 0.6) is 0 Å². The number of fused-ring (bicyclic) bond motifs is 1. The van der Waals surface area contributed by atoms with Gasteiger partial charge in [-0.3, -0.25) is 14.4 Å². The second kappa shape index (κ2) is 21.0. The molecule has 0 heterocycles. The van der Waals surface area contributed by atoms with E-state index < -0.39 is 35.9 Å². The molecule has 8 heteroatoms. The maximum atomic E-state index is 14.0. The Morgan fingerprint density at radius 2 is 1.31 bits per heavy atom. The van der Waals surface area contributed by atoms with Gasteiger partial charge in [0.25, 0.3) is 0 Å². The van der Waals surface area contributed by atoms with Gasteiger partial charge in [0, 0.05) is 12.8 Å². The first-order valence-electron chi connectivity index (χ1n) is 18.2. The number of ether oxygens (including phenoxy) is 1. The zero-order valence-corrected chi connectivity index (χ0v) is 30.1. The molecule has 0 aromatic heterocycles. The second-order valence-electron chi connectivity index (χ2n) is 13.8. The van der Waals surface area contributed by atoms with Crippen LogP contribution >= 0.6 is 0 Å². The van der Waals surface area contributed by atoms with E-state index in [1.165, 1.54) is 25.7 Å². The summed E-state index contributed by atoms with van der Waals surface area (Å²) in [6.45, 7) is 9.91. The van der Waals surface area contributed by atoms with Crippen molar-refractivity contribution >= 4 is 34.5 Å². The molecule has 8 nitrogen and oxygen atoms in total. The summed E-state index contributed by atoms with van der Waals surface area (Å²) in [6.07, 6.45) is 8.60. The molecular weight excluding hydrogens is 614 g/mol. The van der Waals surface area contributed by atoms with E-state index in [0.29, 0.717) is 12.8 Å². The average Bonchev–Trinajstić information content (AvgIpc) is 3.08. The zero-order chi connectivity index (χ0) is 35.6. The summed E-state index contributed by atoms with van der Waals surface area (Å²) in [5.41, 5.74) is 1.78. The van der Waals surface area contributed by atoms with Crippen molar-refractivity contribution in [1.29, 1.82) is 0 Å². The third-order valence-electron chi connectivity index (χ3n) is 8.75. The van der Waals surface area contributed by atoms with Crippen LogP contribution in [0.3, 0.4) is 0 Å². The van der Waals surface area contributed by atoms with Gasteiger partial charge in [-0.25, -0.2) is 4.79 Å². The van der Waals surface area contributed by atoms with Gasteiger partial charge in [0.2, 0.25) is 17.7 Å². The number of carbonyl (C=O) groups is 4. The van der Waals surface area contributed by atoms with Gasteiger partial charge in [0.05, 0.1) is 0 Å². The van der Waals surface area contributed by atoms with Crippen LogP contribution in [0.15, 0.2) is 72.8 Å². The first kappa shape index (κ1) is 39.2. The number of hydrogen-bond acceptors (Lipinski definition) is 5. The Morgan fingerprint density at radius 3 is 2.00 bits per heavy atom. The van der Waals surface area contributed by atoms with Crippen LogP contribution in [0.1, 0.15) is 104 Å².